The number of azide groups is 1. The van der Waals surface area contributed by atoms with Gasteiger partial charge in [-0.25, -0.2) is 0 Å². The van der Waals surface area contributed by atoms with E-state index in [-0.39, 0.29) is 36.1 Å². The molecule has 1 fully saturated rings. The first-order valence-electron chi connectivity index (χ1n) is 7.18. The number of hydrogen-bond acceptors (Lipinski definition) is 4. The lowest BCUT2D eigenvalue weighted by atomic mass is 9.89. The summed E-state index contributed by atoms with van der Waals surface area (Å²) in [6.07, 6.45) is 0.847. The summed E-state index contributed by atoms with van der Waals surface area (Å²) in [7, 11) is 1.65. The summed E-state index contributed by atoms with van der Waals surface area (Å²) in [5.74, 6) is 0.273. The Labute approximate surface area is 120 Å². The molecule has 20 heavy (non-hydrogen) atoms. The summed E-state index contributed by atoms with van der Waals surface area (Å²) in [5, 5.41) is 3.83. The molecule has 0 aromatic rings. The highest BCUT2D eigenvalue weighted by Gasteiger charge is 2.40. The van der Waals surface area contributed by atoms with Gasteiger partial charge in [0, 0.05) is 12.0 Å². The molecule has 0 spiro atoms. The molecule has 6 heteroatoms. The van der Waals surface area contributed by atoms with Gasteiger partial charge in [0.2, 0.25) is 0 Å². The topological polar surface area (TPSA) is 84.3 Å². The molecule has 1 aliphatic heterocycles. The Morgan fingerprint density at radius 3 is 2.50 bits per heavy atom. The summed E-state index contributed by atoms with van der Waals surface area (Å²) < 4.78 is 10.8. The Kier molecular flexibility index (Phi) is 6.30. The van der Waals surface area contributed by atoms with E-state index < -0.39 is 0 Å². The van der Waals surface area contributed by atoms with Crippen molar-refractivity contribution in [3.05, 3.63) is 10.4 Å². The standard InChI is InChI=1S/C14H25N3O3/c1-8(2)10-6-13(20-14(10)18)11(16-17-15)7-12(19-5)9(3)4/h8-13H,6-7H2,1-5H3/t10-,11-,12-,13-/m0/s1. The smallest absolute Gasteiger partial charge is 0.309 e. The predicted molar refractivity (Wildman–Crippen MR) is 76.0 cm³/mol. The lowest BCUT2D eigenvalue weighted by Crippen LogP contribution is -2.31. The van der Waals surface area contributed by atoms with Gasteiger partial charge in [-0.1, -0.05) is 32.8 Å². The predicted octanol–water partition coefficient (Wildman–Crippen LogP) is 3.31. The Balaban J connectivity index is 2.77. The van der Waals surface area contributed by atoms with Gasteiger partial charge >= 0.3 is 5.97 Å². The van der Waals surface area contributed by atoms with Crippen LogP contribution in [-0.2, 0) is 14.3 Å². The van der Waals surface area contributed by atoms with Crippen molar-refractivity contribution >= 4 is 5.97 Å². The molecule has 1 saturated heterocycles. The maximum atomic E-state index is 11.8. The van der Waals surface area contributed by atoms with Crippen molar-refractivity contribution in [1.82, 2.24) is 0 Å². The number of hydrogen-bond donors (Lipinski definition) is 0. The normalized spacial score (nSPS) is 25.4. The summed E-state index contributed by atoms with van der Waals surface area (Å²) in [5.41, 5.74) is 8.74. The number of ether oxygens (including phenoxy) is 2. The largest absolute Gasteiger partial charge is 0.462 e. The molecule has 114 valence electrons. The summed E-state index contributed by atoms with van der Waals surface area (Å²) in [6, 6.07) is -0.361. The number of carbonyl (C=O) groups is 1. The van der Waals surface area contributed by atoms with Gasteiger partial charge in [0.15, 0.2) is 0 Å². The van der Waals surface area contributed by atoms with E-state index in [0.717, 1.165) is 0 Å². The lowest BCUT2D eigenvalue weighted by Gasteiger charge is -2.25. The van der Waals surface area contributed by atoms with Gasteiger partial charge in [-0.05, 0) is 30.2 Å². The van der Waals surface area contributed by atoms with Crippen molar-refractivity contribution in [3.8, 4) is 0 Å². The van der Waals surface area contributed by atoms with E-state index in [1.54, 1.807) is 7.11 Å². The third-order valence-electron chi connectivity index (χ3n) is 4.01. The molecule has 0 bridgehead atoms. The third-order valence-corrected chi connectivity index (χ3v) is 4.01. The van der Waals surface area contributed by atoms with E-state index >= 15 is 0 Å². The van der Waals surface area contributed by atoms with Gasteiger partial charge in [-0.15, -0.1) is 0 Å². The van der Waals surface area contributed by atoms with Crippen LogP contribution in [0.2, 0.25) is 0 Å². The van der Waals surface area contributed by atoms with Crippen LogP contribution in [-0.4, -0.2) is 31.3 Å². The molecule has 0 N–H and O–H groups in total. The fourth-order valence-corrected chi connectivity index (χ4v) is 2.63. The van der Waals surface area contributed by atoms with Gasteiger partial charge in [0.05, 0.1) is 18.1 Å². The van der Waals surface area contributed by atoms with E-state index in [9.17, 15) is 4.79 Å². The highest BCUT2D eigenvalue weighted by Crippen LogP contribution is 2.32. The Bertz CT molecular complexity index is 378. The fraction of sp³-hybridized carbons (Fsp3) is 0.929. The van der Waals surface area contributed by atoms with Crippen molar-refractivity contribution in [2.75, 3.05) is 7.11 Å². The van der Waals surface area contributed by atoms with E-state index in [0.29, 0.717) is 18.8 Å². The molecule has 0 amide bonds. The number of nitrogens with zero attached hydrogens (tertiary/aromatic N) is 3. The first-order valence-corrected chi connectivity index (χ1v) is 7.18. The highest BCUT2D eigenvalue weighted by atomic mass is 16.6. The fourth-order valence-electron chi connectivity index (χ4n) is 2.63. The van der Waals surface area contributed by atoms with Crippen LogP contribution in [0, 0.1) is 17.8 Å². The molecule has 0 aromatic carbocycles. The molecule has 1 rings (SSSR count). The number of rotatable bonds is 7. The molecular weight excluding hydrogens is 258 g/mol. The second-order valence-electron chi connectivity index (χ2n) is 6.09. The average molecular weight is 283 g/mol. The minimum absolute atomic E-state index is 0.0118. The number of esters is 1. The summed E-state index contributed by atoms with van der Waals surface area (Å²) in [6.45, 7) is 8.11. The number of cyclic esters (lactones) is 1. The van der Waals surface area contributed by atoms with Crippen molar-refractivity contribution < 1.29 is 14.3 Å². The van der Waals surface area contributed by atoms with Gasteiger partial charge in [-0.2, -0.15) is 0 Å². The van der Waals surface area contributed by atoms with Gasteiger partial charge < -0.3 is 9.47 Å². The SMILES string of the molecule is CO[C@@H](C[C@H](N=[N+]=[N-])[C@@H]1C[C@@H](C(C)C)C(=O)O1)C(C)C. The zero-order chi connectivity index (χ0) is 15.3. The van der Waals surface area contributed by atoms with Crippen molar-refractivity contribution in [3.63, 3.8) is 0 Å². The van der Waals surface area contributed by atoms with Crippen LogP contribution in [0.25, 0.3) is 10.4 Å². The van der Waals surface area contributed by atoms with Crippen LogP contribution in [0.4, 0.5) is 0 Å². The Hall–Kier alpha value is -1.26. The van der Waals surface area contributed by atoms with Crippen LogP contribution >= 0.6 is 0 Å². The highest BCUT2D eigenvalue weighted by molar-refractivity contribution is 5.75. The van der Waals surface area contributed by atoms with Gasteiger partial charge in [0.25, 0.3) is 0 Å². The van der Waals surface area contributed by atoms with Crippen LogP contribution in [0.1, 0.15) is 40.5 Å². The van der Waals surface area contributed by atoms with Crippen LogP contribution in [0.15, 0.2) is 5.11 Å². The molecule has 0 aliphatic carbocycles. The van der Waals surface area contributed by atoms with Crippen molar-refractivity contribution in [2.45, 2.75) is 58.8 Å². The maximum Gasteiger partial charge on any atom is 0.309 e. The first kappa shape index (κ1) is 16.8. The third kappa shape index (κ3) is 4.12. The first-order chi connectivity index (χ1) is 9.40. The molecule has 4 atom stereocenters. The van der Waals surface area contributed by atoms with Gasteiger partial charge in [0.1, 0.15) is 6.10 Å². The summed E-state index contributed by atoms with van der Waals surface area (Å²) >= 11 is 0. The summed E-state index contributed by atoms with van der Waals surface area (Å²) in [4.78, 5) is 14.7. The number of methoxy groups -OCH3 is 1. The van der Waals surface area contributed by atoms with Gasteiger partial charge in [-0.3, -0.25) is 4.79 Å². The zero-order valence-corrected chi connectivity index (χ0v) is 12.9. The lowest BCUT2D eigenvalue weighted by molar-refractivity contribution is -0.146. The maximum absolute atomic E-state index is 11.8. The number of carbonyl (C=O) groups excluding carboxylic acids is 1. The second-order valence-corrected chi connectivity index (χ2v) is 6.09. The van der Waals surface area contributed by atoms with E-state index in [1.807, 2.05) is 13.8 Å². The minimum atomic E-state index is -0.361. The van der Waals surface area contributed by atoms with E-state index in [1.165, 1.54) is 0 Å². The van der Waals surface area contributed by atoms with Crippen molar-refractivity contribution in [1.29, 1.82) is 0 Å². The Morgan fingerprint density at radius 1 is 1.45 bits per heavy atom. The second kappa shape index (κ2) is 7.50. The molecule has 1 aliphatic rings. The molecule has 0 radical (unpaired) electrons. The quantitative estimate of drug-likeness (QED) is 0.311. The molecule has 0 unspecified atom stereocenters. The molecular formula is C14H25N3O3. The van der Waals surface area contributed by atoms with E-state index in [4.69, 9.17) is 15.0 Å². The van der Waals surface area contributed by atoms with Crippen molar-refractivity contribution in [2.24, 2.45) is 22.9 Å². The van der Waals surface area contributed by atoms with Crippen LogP contribution < -0.4 is 0 Å². The molecule has 0 saturated carbocycles. The van der Waals surface area contributed by atoms with E-state index in [2.05, 4.69) is 23.9 Å². The molecule has 6 nitrogen and oxygen atoms in total. The van der Waals surface area contributed by atoms with Crippen LogP contribution in [0.5, 0.6) is 0 Å². The average Bonchev–Trinajstić information content (AvgIpc) is 2.76. The Morgan fingerprint density at radius 2 is 2.10 bits per heavy atom. The molecule has 0 aromatic heterocycles. The monoisotopic (exact) mass is 283 g/mol. The molecule has 1 heterocycles. The zero-order valence-electron chi connectivity index (χ0n) is 12.9. The van der Waals surface area contributed by atoms with Crippen LogP contribution in [0.3, 0.4) is 0 Å². The minimum Gasteiger partial charge on any atom is -0.462 e.